The topological polar surface area (TPSA) is 21.7 Å². The summed E-state index contributed by atoms with van der Waals surface area (Å²) in [7, 11) is 3.14. The molecule has 0 fully saturated rings. The quantitative estimate of drug-likeness (QED) is 0.735. The molecule has 3 nitrogen and oxygen atoms in total. The number of halogens is 3. The molecule has 0 aromatic heterocycles. The Kier molecular flexibility index (Phi) is 6.98. The highest BCUT2D eigenvalue weighted by molar-refractivity contribution is 5.29. The van der Waals surface area contributed by atoms with Crippen LogP contribution in [0.3, 0.4) is 0 Å². The minimum absolute atomic E-state index is 0.225. The summed E-state index contributed by atoms with van der Waals surface area (Å²) in [4.78, 5) is 1.89. The summed E-state index contributed by atoms with van der Waals surface area (Å²) in [5.74, 6) is 0. The normalized spacial score (nSPS) is 12.1. The first-order valence-corrected chi connectivity index (χ1v) is 6.34. The van der Waals surface area contributed by atoms with E-state index in [9.17, 15) is 13.2 Å². The van der Waals surface area contributed by atoms with Gasteiger partial charge in [-0.05, 0) is 11.6 Å². The van der Waals surface area contributed by atoms with Gasteiger partial charge in [0, 0.05) is 33.9 Å². The van der Waals surface area contributed by atoms with E-state index < -0.39 is 11.7 Å². The Labute approximate surface area is 117 Å². The van der Waals surface area contributed by atoms with E-state index in [0.717, 1.165) is 6.07 Å². The Balaban J connectivity index is 2.81. The lowest BCUT2D eigenvalue weighted by molar-refractivity contribution is -0.138. The van der Waals surface area contributed by atoms with E-state index >= 15 is 0 Å². The summed E-state index contributed by atoms with van der Waals surface area (Å²) < 4.78 is 48.8. The highest BCUT2D eigenvalue weighted by Gasteiger charge is 2.33. The van der Waals surface area contributed by atoms with Crippen LogP contribution in [0.15, 0.2) is 24.3 Å². The number of rotatable bonds is 8. The minimum atomic E-state index is -4.33. The van der Waals surface area contributed by atoms with Gasteiger partial charge in [-0.15, -0.1) is 0 Å². The second-order valence-electron chi connectivity index (χ2n) is 4.42. The van der Waals surface area contributed by atoms with Crippen molar-refractivity contribution in [1.29, 1.82) is 0 Å². The SMILES string of the molecule is COCCN(CCOC)Cc1ccccc1C(F)(F)F. The van der Waals surface area contributed by atoms with Gasteiger partial charge in [-0.1, -0.05) is 18.2 Å². The van der Waals surface area contributed by atoms with E-state index in [1.807, 2.05) is 4.90 Å². The van der Waals surface area contributed by atoms with Crippen LogP contribution in [0.2, 0.25) is 0 Å². The monoisotopic (exact) mass is 291 g/mol. The minimum Gasteiger partial charge on any atom is -0.383 e. The van der Waals surface area contributed by atoms with Crippen LogP contribution >= 0.6 is 0 Å². The summed E-state index contributed by atoms with van der Waals surface area (Å²) in [6.45, 7) is 2.29. The van der Waals surface area contributed by atoms with Crippen molar-refractivity contribution in [2.24, 2.45) is 0 Å². The zero-order valence-corrected chi connectivity index (χ0v) is 11.7. The van der Waals surface area contributed by atoms with Gasteiger partial charge in [-0.3, -0.25) is 4.90 Å². The predicted octanol–water partition coefficient (Wildman–Crippen LogP) is 2.80. The van der Waals surface area contributed by atoms with E-state index in [-0.39, 0.29) is 12.1 Å². The largest absolute Gasteiger partial charge is 0.416 e. The summed E-state index contributed by atoms with van der Waals surface area (Å²) in [5, 5.41) is 0. The van der Waals surface area contributed by atoms with Gasteiger partial charge in [-0.2, -0.15) is 13.2 Å². The van der Waals surface area contributed by atoms with Crippen LogP contribution < -0.4 is 0 Å². The lowest BCUT2D eigenvalue weighted by Crippen LogP contribution is -2.31. The Hall–Kier alpha value is -1.11. The number of ether oxygens (including phenoxy) is 2. The smallest absolute Gasteiger partial charge is 0.383 e. The molecule has 0 aliphatic heterocycles. The molecular weight excluding hydrogens is 271 g/mol. The molecule has 0 aliphatic carbocycles. The zero-order chi connectivity index (χ0) is 15.0. The number of hydrogen-bond donors (Lipinski definition) is 0. The van der Waals surface area contributed by atoms with Crippen molar-refractivity contribution in [3.05, 3.63) is 35.4 Å². The number of alkyl halides is 3. The third-order valence-corrected chi connectivity index (χ3v) is 2.94. The molecular formula is C14H20F3NO2. The fraction of sp³-hybridized carbons (Fsp3) is 0.571. The van der Waals surface area contributed by atoms with Crippen LogP contribution in [0.4, 0.5) is 13.2 Å². The van der Waals surface area contributed by atoms with Crippen LogP contribution in [0.25, 0.3) is 0 Å². The molecule has 114 valence electrons. The molecule has 0 aliphatic rings. The molecule has 0 N–H and O–H groups in total. The first kappa shape index (κ1) is 16.9. The lowest BCUT2D eigenvalue weighted by Gasteiger charge is -2.23. The number of nitrogens with zero attached hydrogens (tertiary/aromatic N) is 1. The predicted molar refractivity (Wildman–Crippen MR) is 70.5 cm³/mol. The van der Waals surface area contributed by atoms with Crippen molar-refractivity contribution in [2.45, 2.75) is 12.7 Å². The van der Waals surface area contributed by atoms with Crippen LogP contribution in [-0.4, -0.2) is 45.4 Å². The van der Waals surface area contributed by atoms with Crippen molar-refractivity contribution in [2.75, 3.05) is 40.5 Å². The molecule has 1 rings (SSSR count). The molecule has 0 bridgehead atoms. The molecule has 0 unspecified atom stereocenters. The van der Waals surface area contributed by atoms with E-state index in [4.69, 9.17) is 9.47 Å². The average Bonchev–Trinajstić information content (AvgIpc) is 2.41. The van der Waals surface area contributed by atoms with E-state index in [1.54, 1.807) is 20.3 Å². The van der Waals surface area contributed by atoms with Crippen molar-refractivity contribution in [3.8, 4) is 0 Å². The van der Waals surface area contributed by atoms with Crippen LogP contribution in [0.5, 0.6) is 0 Å². The molecule has 0 amide bonds. The average molecular weight is 291 g/mol. The molecule has 0 saturated heterocycles. The summed E-state index contributed by atoms with van der Waals surface area (Å²) in [5.41, 5.74) is -0.313. The molecule has 0 atom stereocenters. The molecule has 0 heterocycles. The van der Waals surface area contributed by atoms with E-state index in [0.29, 0.717) is 26.3 Å². The molecule has 1 aromatic carbocycles. The van der Waals surface area contributed by atoms with Gasteiger partial charge in [0.1, 0.15) is 0 Å². The van der Waals surface area contributed by atoms with Gasteiger partial charge in [0.15, 0.2) is 0 Å². The Morgan fingerprint density at radius 1 is 1.00 bits per heavy atom. The highest BCUT2D eigenvalue weighted by atomic mass is 19.4. The summed E-state index contributed by atoms with van der Waals surface area (Å²) in [6.07, 6.45) is -4.33. The number of benzene rings is 1. The van der Waals surface area contributed by atoms with Gasteiger partial charge in [0.2, 0.25) is 0 Å². The number of methoxy groups -OCH3 is 2. The maximum Gasteiger partial charge on any atom is 0.416 e. The molecule has 0 saturated carbocycles. The molecule has 1 aromatic rings. The number of hydrogen-bond acceptors (Lipinski definition) is 3. The maximum absolute atomic E-state index is 12.9. The standard InChI is InChI=1S/C14H20F3NO2/c1-19-9-7-18(8-10-20-2)11-12-5-3-4-6-13(12)14(15,16)17/h3-6H,7-11H2,1-2H3. The Morgan fingerprint density at radius 2 is 1.55 bits per heavy atom. The third kappa shape index (κ3) is 5.48. The maximum atomic E-state index is 12.9. The van der Waals surface area contributed by atoms with Crippen molar-refractivity contribution < 1.29 is 22.6 Å². The molecule has 0 spiro atoms. The second-order valence-corrected chi connectivity index (χ2v) is 4.42. The van der Waals surface area contributed by atoms with Gasteiger partial charge >= 0.3 is 6.18 Å². The van der Waals surface area contributed by atoms with Gasteiger partial charge < -0.3 is 9.47 Å². The first-order chi connectivity index (χ1) is 9.49. The van der Waals surface area contributed by atoms with Crippen LogP contribution in [0.1, 0.15) is 11.1 Å². The van der Waals surface area contributed by atoms with E-state index in [1.165, 1.54) is 12.1 Å². The summed E-state index contributed by atoms with van der Waals surface area (Å²) >= 11 is 0. The molecule has 20 heavy (non-hydrogen) atoms. The highest BCUT2D eigenvalue weighted by Crippen LogP contribution is 2.32. The van der Waals surface area contributed by atoms with Crippen LogP contribution in [0, 0.1) is 0 Å². The zero-order valence-electron chi connectivity index (χ0n) is 11.7. The molecule has 0 radical (unpaired) electrons. The fourth-order valence-electron chi connectivity index (χ4n) is 1.89. The van der Waals surface area contributed by atoms with Gasteiger partial charge in [0.25, 0.3) is 0 Å². The Bertz CT molecular complexity index is 388. The van der Waals surface area contributed by atoms with E-state index in [2.05, 4.69) is 0 Å². The van der Waals surface area contributed by atoms with Crippen molar-refractivity contribution in [3.63, 3.8) is 0 Å². The lowest BCUT2D eigenvalue weighted by atomic mass is 10.1. The van der Waals surface area contributed by atoms with Crippen molar-refractivity contribution >= 4 is 0 Å². The summed E-state index contributed by atoms with van der Waals surface area (Å²) in [6, 6.07) is 5.64. The van der Waals surface area contributed by atoms with Crippen molar-refractivity contribution in [1.82, 2.24) is 4.90 Å². The Morgan fingerprint density at radius 3 is 2.05 bits per heavy atom. The third-order valence-electron chi connectivity index (χ3n) is 2.94. The van der Waals surface area contributed by atoms with Crippen LogP contribution in [-0.2, 0) is 22.2 Å². The van der Waals surface area contributed by atoms with Gasteiger partial charge in [0.05, 0.1) is 18.8 Å². The van der Waals surface area contributed by atoms with Gasteiger partial charge in [-0.25, -0.2) is 0 Å². The fourth-order valence-corrected chi connectivity index (χ4v) is 1.89. The molecule has 6 heteroatoms. The first-order valence-electron chi connectivity index (χ1n) is 6.34. The second kappa shape index (κ2) is 8.24.